The first-order chi connectivity index (χ1) is 18.2. The Morgan fingerprint density at radius 1 is 0.947 bits per heavy atom. The predicted molar refractivity (Wildman–Crippen MR) is 150 cm³/mol. The van der Waals surface area contributed by atoms with Crippen molar-refractivity contribution in [2.24, 2.45) is 5.92 Å². The fourth-order valence-corrected chi connectivity index (χ4v) is 4.99. The number of hydrogen-bond donors (Lipinski definition) is 0. The number of benzene rings is 1. The molecule has 0 amide bonds. The lowest BCUT2D eigenvalue weighted by Gasteiger charge is -2.31. The summed E-state index contributed by atoms with van der Waals surface area (Å²) in [6.45, 7) is 15.8. The Morgan fingerprint density at radius 3 is 1.97 bits per heavy atom. The molecule has 2 aliphatic carbocycles. The van der Waals surface area contributed by atoms with Crippen LogP contribution < -0.4 is 9.47 Å². The predicted octanol–water partition coefficient (Wildman–Crippen LogP) is 6.75. The van der Waals surface area contributed by atoms with Crippen molar-refractivity contribution in [1.29, 1.82) is 0 Å². The number of carbonyl (C=O) groups excluding carboxylic acids is 2. The second-order valence-electron chi connectivity index (χ2n) is 10.5. The van der Waals surface area contributed by atoms with Crippen LogP contribution in [0, 0.1) is 5.92 Å². The van der Waals surface area contributed by atoms with E-state index < -0.39 is 24.1 Å². The number of rotatable bonds is 14. The normalized spacial score (nSPS) is 20.9. The van der Waals surface area contributed by atoms with Gasteiger partial charge in [-0.05, 0) is 44.1 Å². The second-order valence-corrected chi connectivity index (χ2v) is 10.5. The van der Waals surface area contributed by atoms with Gasteiger partial charge in [-0.1, -0.05) is 65.2 Å². The smallest absolute Gasteiger partial charge is 0.330 e. The fourth-order valence-electron chi connectivity index (χ4n) is 4.99. The van der Waals surface area contributed by atoms with Crippen molar-refractivity contribution in [2.75, 3.05) is 13.2 Å². The van der Waals surface area contributed by atoms with Crippen LogP contribution in [0.2, 0.25) is 0 Å². The first kappa shape index (κ1) is 29.3. The molecule has 0 saturated heterocycles. The Morgan fingerprint density at radius 2 is 1.50 bits per heavy atom. The summed E-state index contributed by atoms with van der Waals surface area (Å²) in [4.78, 5) is 23.6. The van der Waals surface area contributed by atoms with Crippen LogP contribution >= 0.6 is 0 Å². The van der Waals surface area contributed by atoms with Gasteiger partial charge in [0.1, 0.15) is 36.9 Å². The zero-order valence-corrected chi connectivity index (χ0v) is 23.2. The molecule has 0 heterocycles. The molecule has 0 aliphatic heterocycles. The largest absolute Gasteiger partial charge is 0.489 e. The van der Waals surface area contributed by atoms with Crippen LogP contribution in [0.3, 0.4) is 0 Å². The van der Waals surface area contributed by atoms with Gasteiger partial charge in [0.15, 0.2) is 0 Å². The quantitative estimate of drug-likeness (QED) is 0.153. The van der Waals surface area contributed by atoms with Crippen LogP contribution in [0.15, 0.2) is 61.7 Å². The van der Waals surface area contributed by atoms with Crippen LogP contribution in [0.25, 0.3) is 0 Å². The average Bonchev–Trinajstić information content (AvgIpc) is 3.56. The summed E-state index contributed by atoms with van der Waals surface area (Å²) in [6.07, 6.45) is 14.5. The van der Waals surface area contributed by atoms with Crippen molar-refractivity contribution in [3.8, 4) is 11.5 Å². The van der Waals surface area contributed by atoms with Crippen molar-refractivity contribution >= 4 is 11.9 Å². The van der Waals surface area contributed by atoms with Gasteiger partial charge in [-0.25, -0.2) is 9.59 Å². The molecule has 1 aromatic carbocycles. The Labute approximate surface area is 227 Å². The minimum Gasteiger partial charge on any atom is -0.489 e. The molecule has 38 heavy (non-hydrogen) atoms. The molecule has 0 radical (unpaired) electrons. The van der Waals surface area contributed by atoms with Gasteiger partial charge >= 0.3 is 11.9 Å². The van der Waals surface area contributed by atoms with Gasteiger partial charge in [0.25, 0.3) is 0 Å². The van der Waals surface area contributed by atoms with Crippen LogP contribution in [-0.2, 0) is 24.5 Å². The zero-order chi connectivity index (χ0) is 27.7. The van der Waals surface area contributed by atoms with Crippen LogP contribution in [0.1, 0.15) is 76.8 Å². The summed E-state index contributed by atoms with van der Waals surface area (Å²) < 4.78 is 23.7. The van der Waals surface area contributed by atoms with Crippen molar-refractivity contribution < 1.29 is 28.5 Å². The first-order valence-corrected chi connectivity index (χ1v) is 13.7. The average molecular weight is 523 g/mol. The highest BCUT2D eigenvalue weighted by Crippen LogP contribution is 2.47. The van der Waals surface area contributed by atoms with Crippen molar-refractivity contribution in [2.45, 2.75) is 83.3 Å². The Hall–Kier alpha value is -3.28. The summed E-state index contributed by atoms with van der Waals surface area (Å²) in [5.74, 6) is 1.15. The molecule has 0 fully saturated rings. The standard InChI is InChI=1S/C32H42O6/c1-7-23(37-30(33)9-3)20-35-28-19-29(36-21-24(8-2)38-31(34)10-4)27(32(6)16-11-12-17-32)18-26(28)25-15-13-14-22(25)5/h9-13,15,18-19,22-25H,3-4,7-8,14,16-17,20-21H2,1-2,5-6H3. The molecule has 2 aliphatic rings. The molecule has 0 saturated carbocycles. The summed E-state index contributed by atoms with van der Waals surface area (Å²) in [5, 5.41) is 0. The highest BCUT2D eigenvalue weighted by molar-refractivity contribution is 5.81. The lowest BCUT2D eigenvalue weighted by atomic mass is 9.77. The summed E-state index contributed by atoms with van der Waals surface area (Å²) in [7, 11) is 0. The maximum absolute atomic E-state index is 11.8. The highest BCUT2D eigenvalue weighted by Gasteiger charge is 2.34. The molecule has 1 aromatic rings. The van der Waals surface area contributed by atoms with Gasteiger partial charge in [-0.3, -0.25) is 0 Å². The fraction of sp³-hybridized carbons (Fsp3) is 0.500. The van der Waals surface area contributed by atoms with Crippen molar-refractivity contribution in [1.82, 2.24) is 0 Å². The number of hydrogen-bond acceptors (Lipinski definition) is 6. The van der Waals surface area contributed by atoms with Gasteiger partial charge in [-0.15, -0.1) is 0 Å². The summed E-state index contributed by atoms with van der Waals surface area (Å²) in [6, 6.07) is 4.21. The van der Waals surface area contributed by atoms with E-state index in [2.05, 4.69) is 57.4 Å². The molecule has 6 heteroatoms. The van der Waals surface area contributed by atoms with E-state index >= 15 is 0 Å². The van der Waals surface area contributed by atoms with Crippen molar-refractivity contribution in [3.05, 3.63) is 72.9 Å². The molecular formula is C32H42O6. The zero-order valence-electron chi connectivity index (χ0n) is 23.2. The third-order valence-electron chi connectivity index (χ3n) is 7.55. The first-order valence-electron chi connectivity index (χ1n) is 13.7. The van der Waals surface area contributed by atoms with E-state index in [1.54, 1.807) is 0 Å². The van der Waals surface area contributed by atoms with Crippen molar-refractivity contribution in [3.63, 3.8) is 0 Å². The van der Waals surface area contributed by atoms with Gasteiger partial charge in [0.2, 0.25) is 0 Å². The van der Waals surface area contributed by atoms with E-state index in [0.717, 1.165) is 30.4 Å². The molecule has 0 bridgehead atoms. The lowest BCUT2D eigenvalue weighted by Crippen LogP contribution is -2.26. The minimum atomic E-state index is -0.464. The SMILES string of the molecule is C=CC(=O)OC(CC)COc1cc(OCC(CC)OC(=O)C=C)c(C2(C)CC=CC2)cc1C1C=CCC1C. The number of ether oxygens (including phenoxy) is 4. The Kier molecular flexibility index (Phi) is 10.4. The van der Waals surface area contributed by atoms with Gasteiger partial charge in [0.05, 0.1) is 0 Å². The molecule has 0 spiro atoms. The molecule has 4 unspecified atom stereocenters. The maximum atomic E-state index is 11.8. The van der Waals surface area contributed by atoms with E-state index in [4.69, 9.17) is 18.9 Å². The third kappa shape index (κ3) is 7.18. The number of carbonyl (C=O) groups is 2. The van der Waals surface area contributed by atoms with E-state index in [-0.39, 0.29) is 24.5 Å². The highest BCUT2D eigenvalue weighted by atomic mass is 16.6. The van der Waals surface area contributed by atoms with E-state index in [1.165, 1.54) is 12.2 Å². The Bertz CT molecular complexity index is 1060. The molecule has 3 rings (SSSR count). The molecule has 0 aromatic heterocycles. The minimum absolute atomic E-state index is 0.112. The van der Waals surface area contributed by atoms with Crippen LogP contribution in [-0.4, -0.2) is 37.4 Å². The summed E-state index contributed by atoms with van der Waals surface area (Å²) in [5.41, 5.74) is 2.11. The van der Waals surface area contributed by atoms with Gasteiger partial charge < -0.3 is 18.9 Å². The molecule has 4 atom stereocenters. The molecule has 6 nitrogen and oxygen atoms in total. The number of allylic oxidation sites excluding steroid dienone is 4. The molecular weight excluding hydrogens is 480 g/mol. The van der Waals surface area contributed by atoms with Gasteiger partial charge in [0, 0.05) is 40.7 Å². The molecule has 206 valence electrons. The number of esters is 2. The maximum Gasteiger partial charge on any atom is 0.330 e. The lowest BCUT2D eigenvalue weighted by molar-refractivity contribution is -0.145. The molecule has 0 N–H and O–H groups in total. The Balaban J connectivity index is 1.99. The van der Waals surface area contributed by atoms with Crippen LogP contribution in [0.5, 0.6) is 11.5 Å². The van der Waals surface area contributed by atoms with Gasteiger partial charge in [-0.2, -0.15) is 0 Å². The van der Waals surface area contributed by atoms with E-state index in [9.17, 15) is 9.59 Å². The second kappa shape index (κ2) is 13.5. The van der Waals surface area contributed by atoms with E-state index in [1.807, 2.05) is 19.9 Å². The monoisotopic (exact) mass is 522 g/mol. The summed E-state index contributed by atoms with van der Waals surface area (Å²) >= 11 is 0. The van der Waals surface area contributed by atoms with Crippen LogP contribution in [0.4, 0.5) is 0 Å². The topological polar surface area (TPSA) is 71.1 Å². The third-order valence-corrected chi connectivity index (χ3v) is 7.55. The van der Waals surface area contributed by atoms with E-state index in [0.29, 0.717) is 30.3 Å².